The standard InChI is InChI=1S/2C26H30N6O6S.2C18H20N4O4S/c1-3-19-15(2)13-31(24(19)34)26(36)27-12-22(33)32-14-18(11-28-32)39(37,38)30-25(35)29-23-20-8-4-6-16(20)10-17-7-5-9-21(17)23;1-3-18-15(2)14-31(24(18)34)26(36)27-13-22(33)32-11-10-21(29-32)39(37,38)30-25(35)28-23-19-8-4-6-16(19)12-17-7-5-9-20(17)23;1-11(23)22-10-14(9-19-22)27(25,26)21-18(24)20-17-15-6-2-4-12(15)8-13-5-3-7-16(13)17;1-11(23)22-9-8-16(20-22)27(25,26)21-18(24)19-17-14-6-2-4-12(14)10-13-5-3-7-15(13)17/h10-11,14H,3-9,12-13H2,1-2H3,(H,27,36)(H2,29,30,35);10-12H,3-9,13-14H2,1-2H3,(H,27,36)(H2,28,30,35);8-10H,2-7H2,1H3,(H2,20,21,24);8-10H,2-7H2,1H3,(H2,19,21,24). The van der Waals surface area contributed by atoms with Gasteiger partial charge in [-0.15, -0.1) is 0 Å². The number of anilines is 4. The number of hydrogen-bond acceptors (Lipinski definition) is 24. The molecule has 4 aromatic heterocycles. The minimum absolute atomic E-state index is 0.147. The average molecular weight is 1890 g/mol. The summed E-state index contributed by atoms with van der Waals surface area (Å²) in [4.78, 5) is 149. The van der Waals surface area contributed by atoms with Crippen LogP contribution in [0.15, 0.2) is 116 Å². The highest BCUT2D eigenvalue weighted by atomic mass is 32.2. The van der Waals surface area contributed by atoms with Crippen molar-refractivity contribution in [3.63, 3.8) is 0 Å². The van der Waals surface area contributed by atoms with Crippen LogP contribution in [0, 0.1) is 0 Å². The lowest BCUT2D eigenvalue weighted by atomic mass is 9.99. The first-order valence-corrected chi connectivity index (χ1v) is 49.7. The lowest BCUT2D eigenvalue weighted by molar-refractivity contribution is -0.123. The van der Waals surface area contributed by atoms with Crippen LogP contribution in [0.1, 0.15) is 214 Å². The van der Waals surface area contributed by atoms with E-state index in [1.807, 2.05) is 32.7 Å². The second kappa shape index (κ2) is 38.2. The Labute approximate surface area is 760 Å². The number of aromatic nitrogens is 8. The Hall–Kier alpha value is -13.4. The number of imide groups is 2. The number of urea groups is 6. The second-order valence-corrected chi connectivity index (χ2v) is 40.4. The number of carbonyl (C=O) groups is 12. The minimum Gasteiger partial charge on any atom is -0.328 e. The molecule has 18 rings (SSSR count). The average Bonchev–Trinajstić information content (AvgIpc) is 1.62. The SMILES string of the molecule is CC(=O)n1cc(S(=O)(=O)NC(=O)Nc2c3c(cc4c2CCC4)CCC3)cn1.CC(=O)n1ccc(S(=O)(=O)NC(=O)Nc2c3c(cc4c2CCC4)CCC3)n1.CCC1=C(C)CN(C(=O)NCC(=O)n2cc(S(=O)(=O)NC(=O)Nc3c4c(cc5c3CCC5)CCC4)cn2)C1=O.CCC1=C(C)CN(C(=O)NCC(=O)n2ccc(S(=O)(=O)NC(=O)Nc3c4c(cc5c3CCC5)CCC4)n2)C1=O. The molecule has 0 fully saturated rings. The molecule has 40 nitrogen and oxygen atoms in total. The van der Waals surface area contributed by atoms with E-state index >= 15 is 0 Å². The number of benzene rings is 4. The predicted molar refractivity (Wildman–Crippen MR) is 478 cm³/mol. The van der Waals surface area contributed by atoms with Crippen molar-refractivity contribution in [1.82, 2.24) is 78.4 Å². The van der Waals surface area contributed by atoms with Crippen molar-refractivity contribution in [3.05, 3.63) is 185 Å². The Morgan fingerprint density at radius 2 is 0.621 bits per heavy atom. The van der Waals surface area contributed by atoms with Crippen molar-refractivity contribution in [1.29, 1.82) is 0 Å². The Kier molecular flexibility index (Phi) is 27.0. The van der Waals surface area contributed by atoms with Crippen LogP contribution in [0.25, 0.3) is 0 Å². The Morgan fingerprint density at radius 1 is 0.356 bits per heavy atom. The van der Waals surface area contributed by atoms with E-state index in [1.165, 1.54) is 70.6 Å². The Morgan fingerprint density at radius 3 is 0.894 bits per heavy atom. The molecule has 2 aliphatic heterocycles. The van der Waals surface area contributed by atoms with Crippen molar-refractivity contribution >= 4 is 134 Å². The first kappa shape index (κ1) is 93.3. The zero-order chi connectivity index (χ0) is 94.2. The van der Waals surface area contributed by atoms with Gasteiger partial charge in [0.05, 0.1) is 37.9 Å². The largest absolute Gasteiger partial charge is 0.333 e. The minimum atomic E-state index is -4.38. The number of carbonyl (C=O) groups excluding carboxylic acids is 12. The van der Waals surface area contributed by atoms with E-state index < -0.39 is 130 Å². The van der Waals surface area contributed by atoms with Gasteiger partial charge in [0.2, 0.25) is 11.8 Å². The molecule has 44 heteroatoms. The van der Waals surface area contributed by atoms with Gasteiger partial charge in [0.1, 0.15) is 22.9 Å². The predicted octanol–water partition coefficient (Wildman–Crippen LogP) is 8.64. The molecule has 0 atom stereocenters. The molecule has 132 heavy (non-hydrogen) atoms. The fourth-order valence-electron chi connectivity index (χ4n) is 18.9. The molecule has 4 aromatic carbocycles. The molecule has 10 aliphatic rings. The van der Waals surface area contributed by atoms with Crippen molar-refractivity contribution in [3.8, 4) is 0 Å². The van der Waals surface area contributed by atoms with E-state index in [0.29, 0.717) is 35.4 Å². The molecule has 8 aliphatic carbocycles. The van der Waals surface area contributed by atoms with Gasteiger partial charge in [-0.2, -0.15) is 37.2 Å². The van der Waals surface area contributed by atoms with Crippen molar-refractivity contribution in [2.45, 2.75) is 228 Å². The second-order valence-electron chi connectivity index (χ2n) is 33.8. The number of fused-ring (bicyclic) bond motifs is 8. The highest BCUT2D eigenvalue weighted by Crippen LogP contribution is 2.43. The zero-order valence-electron chi connectivity index (χ0n) is 73.4. The lowest BCUT2D eigenvalue weighted by Gasteiger charge is -2.16. The molecule has 6 heterocycles. The summed E-state index contributed by atoms with van der Waals surface area (Å²) in [6, 6.07) is 6.28. The van der Waals surface area contributed by atoms with Crippen molar-refractivity contribution in [2.24, 2.45) is 0 Å². The maximum absolute atomic E-state index is 12.8. The van der Waals surface area contributed by atoms with E-state index in [9.17, 15) is 91.2 Å². The highest BCUT2D eigenvalue weighted by molar-refractivity contribution is 7.91. The van der Waals surface area contributed by atoms with Gasteiger partial charge in [0, 0.05) is 60.1 Å². The van der Waals surface area contributed by atoms with Crippen LogP contribution in [0.5, 0.6) is 0 Å². The third kappa shape index (κ3) is 19.8. The van der Waals surface area contributed by atoms with Crippen LogP contribution in [-0.2, 0) is 152 Å². The van der Waals surface area contributed by atoms with Crippen molar-refractivity contribution < 1.29 is 91.2 Å². The van der Waals surface area contributed by atoms with Crippen LogP contribution in [0.3, 0.4) is 0 Å². The number of nitrogens with zero attached hydrogens (tertiary/aromatic N) is 10. The summed E-state index contributed by atoms with van der Waals surface area (Å²) in [7, 11) is -17.0. The molecule has 0 bridgehead atoms. The number of amides is 14. The molecular weight excluding hydrogens is 1790 g/mol. The summed E-state index contributed by atoms with van der Waals surface area (Å²) in [6.07, 6.45) is 30.1. The van der Waals surface area contributed by atoms with E-state index in [4.69, 9.17) is 0 Å². The van der Waals surface area contributed by atoms with E-state index in [2.05, 4.69) is 76.6 Å². The highest BCUT2D eigenvalue weighted by Gasteiger charge is 2.38. The summed E-state index contributed by atoms with van der Waals surface area (Å²) >= 11 is 0. The van der Waals surface area contributed by atoms with E-state index in [-0.39, 0.29) is 27.9 Å². The normalized spacial score (nSPS) is 15.9. The smallest absolute Gasteiger partial charge is 0.328 e. The third-order valence-corrected chi connectivity index (χ3v) is 30.2. The monoisotopic (exact) mass is 1880 g/mol. The van der Waals surface area contributed by atoms with Gasteiger partial charge in [-0.05, 0) is 293 Å². The van der Waals surface area contributed by atoms with Gasteiger partial charge < -0.3 is 31.9 Å². The van der Waals surface area contributed by atoms with Crippen LogP contribution in [-0.4, -0.2) is 180 Å². The first-order valence-electron chi connectivity index (χ1n) is 43.7. The fraction of sp³-hybridized carbons (Fsp3) is 0.409. The summed E-state index contributed by atoms with van der Waals surface area (Å²) in [6.45, 7) is 8.99. The molecule has 0 saturated carbocycles. The van der Waals surface area contributed by atoms with Gasteiger partial charge in [0.15, 0.2) is 10.1 Å². The number of rotatable bonds is 18. The number of aryl methyl sites for hydroxylation is 8. The summed E-state index contributed by atoms with van der Waals surface area (Å²) in [5, 5.41) is 29.8. The first-order chi connectivity index (χ1) is 62.9. The lowest BCUT2D eigenvalue weighted by Crippen LogP contribution is -2.44. The zero-order valence-corrected chi connectivity index (χ0v) is 76.7. The van der Waals surface area contributed by atoms with Gasteiger partial charge in [0.25, 0.3) is 63.7 Å². The molecule has 10 N–H and O–H groups in total. The van der Waals surface area contributed by atoms with Crippen LogP contribution < -0.4 is 50.8 Å². The Balaban J connectivity index is 0.000000137. The quantitative estimate of drug-likeness (QED) is 0.0384. The van der Waals surface area contributed by atoms with Crippen molar-refractivity contribution in [2.75, 3.05) is 47.4 Å². The Bertz CT molecular complexity index is 6250. The number of nitrogens with one attached hydrogen (secondary N) is 10. The summed E-state index contributed by atoms with van der Waals surface area (Å²) < 4.78 is 112. The van der Waals surface area contributed by atoms with E-state index in [1.54, 1.807) is 13.8 Å². The van der Waals surface area contributed by atoms with Crippen LogP contribution in [0.2, 0.25) is 0 Å². The molecule has 0 unspecified atom stereocenters. The molecule has 0 spiro atoms. The van der Waals surface area contributed by atoms with E-state index in [0.717, 1.165) is 287 Å². The topological polar surface area (TPSA) is 539 Å². The number of sulfonamides is 4. The van der Waals surface area contributed by atoms with Gasteiger partial charge in [-0.1, -0.05) is 38.1 Å². The molecule has 696 valence electrons. The molecule has 0 radical (unpaired) electrons. The molecule has 8 aromatic rings. The molecule has 14 amide bonds. The molecule has 0 saturated heterocycles. The van der Waals surface area contributed by atoms with Gasteiger partial charge in [-0.3, -0.25) is 38.6 Å². The van der Waals surface area contributed by atoms with Gasteiger partial charge in [-0.25, -0.2) is 83.2 Å². The maximum Gasteiger partial charge on any atom is 0.333 e. The summed E-state index contributed by atoms with van der Waals surface area (Å²) in [5.41, 5.74) is 24.2. The van der Waals surface area contributed by atoms with Crippen LogP contribution >= 0.6 is 0 Å². The molecular formula is C88H100N20O20S4. The maximum atomic E-state index is 12.8. The van der Waals surface area contributed by atoms with Gasteiger partial charge >= 0.3 is 36.2 Å². The third-order valence-electron chi connectivity index (χ3n) is 25.1. The van der Waals surface area contributed by atoms with Crippen LogP contribution in [0.4, 0.5) is 51.5 Å². The summed E-state index contributed by atoms with van der Waals surface area (Å²) in [5.74, 6) is -3.09. The fourth-order valence-corrected chi connectivity index (χ4v) is 22.3. The number of hydrogen-bond donors (Lipinski definition) is 10.